The van der Waals surface area contributed by atoms with Gasteiger partial charge in [0.1, 0.15) is 29.8 Å². The molecule has 0 aliphatic carbocycles. The van der Waals surface area contributed by atoms with E-state index in [1.807, 2.05) is 12.1 Å². The van der Waals surface area contributed by atoms with Gasteiger partial charge in [-0.3, -0.25) is 15.2 Å². The molecule has 5 N–H and O–H groups in total. The maximum absolute atomic E-state index is 11.7. The lowest BCUT2D eigenvalue weighted by molar-refractivity contribution is 0.0963. The fraction of sp³-hybridized carbons (Fsp3) is 0.125. The number of amides is 1. The summed E-state index contributed by atoms with van der Waals surface area (Å²) < 4.78 is 11.0. The van der Waals surface area contributed by atoms with Crippen LogP contribution in [0, 0.1) is 10.8 Å². The molecular weight excluding hydrogens is 456 g/mol. The van der Waals surface area contributed by atoms with Gasteiger partial charge in [0, 0.05) is 30.3 Å². The third-order valence-electron chi connectivity index (χ3n) is 4.71. The maximum atomic E-state index is 11.7. The molecule has 9 nitrogen and oxygen atoms in total. The number of nitrogens with one attached hydrogen (secondary N) is 3. The minimum absolute atomic E-state index is 0.0324. The van der Waals surface area contributed by atoms with E-state index in [2.05, 4.69) is 15.3 Å². The summed E-state index contributed by atoms with van der Waals surface area (Å²) in [5.74, 6) is 0.897. The number of amidine groups is 2. The number of carbonyl (C=O) groups is 1. The minimum Gasteiger partial charge on any atom is -0.497 e. The number of rotatable bonds is 8. The van der Waals surface area contributed by atoms with Gasteiger partial charge in [0.05, 0.1) is 28.9 Å². The highest BCUT2D eigenvalue weighted by atomic mass is 35.5. The molecule has 2 aromatic carbocycles. The topological polar surface area (TPSA) is 147 Å². The number of aromatic nitrogens is 1. The van der Waals surface area contributed by atoms with E-state index in [4.69, 9.17) is 37.6 Å². The van der Waals surface area contributed by atoms with Gasteiger partial charge in [-0.2, -0.15) is 0 Å². The van der Waals surface area contributed by atoms with Crippen LogP contribution >= 0.6 is 11.6 Å². The highest BCUT2D eigenvalue weighted by Gasteiger charge is 2.10. The van der Waals surface area contributed by atoms with Crippen LogP contribution in [-0.2, 0) is 0 Å². The average molecular weight is 479 g/mol. The van der Waals surface area contributed by atoms with E-state index in [9.17, 15) is 4.79 Å². The summed E-state index contributed by atoms with van der Waals surface area (Å²) in [6.07, 6.45) is 4.35. The summed E-state index contributed by atoms with van der Waals surface area (Å²) in [6, 6.07) is 11.8. The molecule has 0 unspecified atom stereocenters. The normalized spacial score (nSPS) is 11.4. The molecule has 0 aliphatic rings. The Morgan fingerprint density at radius 2 is 2.00 bits per heavy atom. The number of fused-ring (bicyclic) bond motifs is 1. The van der Waals surface area contributed by atoms with Gasteiger partial charge in [0.15, 0.2) is 0 Å². The second-order valence-corrected chi connectivity index (χ2v) is 7.40. The number of ether oxygens (including phenoxy) is 2. The Balaban J connectivity index is 1.62. The van der Waals surface area contributed by atoms with E-state index < -0.39 is 0 Å². The first-order chi connectivity index (χ1) is 16.3. The first-order valence-electron chi connectivity index (χ1n) is 10.1. The van der Waals surface area contributed by atoms with E-state index in [-0.39, 0.29) is 34.9 Å². The van der Waals surface area contributed by atoms with Crippen LogP contribution in [0.5, 0.6) is 11.5 Å². The van der Waals surface area contributed by atoms with Gasteiger partial charge in [-0.1, -0.05) is 17.7 Å². The number of allylic oxidation sites excluding steroid dienone is 1. The van der Waals surface area contributed by atoms with Crippen LogP contribution in [0.1, 0.15) is 15.9 Å². The van der Waals surface area contributed by atoms with Crippen LogP contribution in [0.4, 0.5) is 0 Å². The zero-order chi connectivity index (χ0) is 24.7. The molecule has 0 atom stereocenters. The average Bonchev–Trinajstić information content (AvgIpc) is 2.84. The SMILES string of the molecule is CNC(=O)c1ccc(C(=N)/C=C\C(=N)N=C(N)COc2ccnc3cc(OC)ccc23)cc1Cl. The van der Waals surface area contributed by atoms with Crippen LogP contribution in [0.2, 0.25) is 5.02 Å². The first-order valence-corrected chi connectivity index (χ1v) is 10.5. The number of methoxy groups -OCH3 is 1. The molecule has 0 fully saturated rings. The monoisotopic (exact) mass is 478 g/mol. The van der Waals surface area contributed by atoms with Crippen molar-refractivity contribution in [3.63, 3.8) is 0 Å². The lowest BCUT2D eigenvalue weighted by Gasteiger charge is -2.09. The van der Waals surface area contributed by atoms with E-state index in [0.717, 1.165) is 5.39 Å². The number of benzene rings is 2. The molecule has 3 aromatic rings. The van der Waals surface area contributed by atoms with Crippen molar-refractivity contribution >= 4 is 45.8 Å². The van der Waals surface area contributed by atoms with Crippen molar-refractivity contribution in [1.29, 1.82) is 10.8 Å². The molecule has 0 radical (unpaired) electrons. The number of aliphatic imine (C=N–C) groups is 1. The number of hydrogen-bond donors (Lipinski definition) is 4. The van der Waals surface area contributed by atoms with Gasteiger partial charge in [-0.05, 0) is 42.5 Å². The molecule has 34 heavy (non-hydrogen) atoms. The van der Waals surface area contributed by atoms with Crippen molar-refractivity contribution in [2.24, 2.45) is 10.7 Å². The first kappa shape index (κ1) is 24.4. The Labute approximate surface area is 201 Å². The molecule has 10 heteroatoms. The number of hydrogen-bond acceptors (Lipinski definition) is 6. The third kappa shape index (κ3) is 5.96. The number of nitrogens with two attached hydrogens (primary N) is 1. The zero-order valence-electron chi connectivity index (χ0n) is 18.6. The Bertz CT molecular complexity index is 1320. The van der Waals surface area contributed by atoms with Crippen molar-refractivity contribution < 1.29 is 14.3 Å². The van der Waals surface area contributed by atoms with Gasteiger partial charge in [0.25, 0.3) is 5.91 Å². The summed E-state index contributed by atoms with van der Waals surface area (Å²) in [6.45, 7) is -0.0324. The van der Waals surface area contributed by atoms with Crippen molar-refractivity contribution in [2.45, 2.75) is 0 Å². The fourth-order valence-corrected chi connectivity index (χ4v) is 3.26. The van der Waals surface area contributed by atoms with E-state index in [1.165, 1.54) is 31.3 Å². The van der Waals surface area contributed by atoms with Gasteiger partial charge < -0.3 is 25.9 Å². The Kier molecular flexibility index (Phi) is 7.94. The quantitative estimate of drug-likeness (QED) is 0.288. The highest BCUT2D eigenvalue weighted by molar-refractivity contribution is 6.34. The highest BCUT2D eigenvalue weighted by Crippen LogP contribution is 2.27. The summed E-state index contributed by atoms with van der Waals surface area (Å²) in [7, 11) is 3.10. The van der Waals surface area contributed by atoms with E-state index in [1.54, 1.807) is 31.5 Å². The molecule has 0 bridgehead atoms. The predicted octanol–water partition coefficient (Wildman–Crippen LogP) is 3.59. The summed E-state index contributed by atoms with van der Waals surface area (Å²) in [5.41, 5.74) is 7.53. The molecule has 1 heterocycles. The summed E-state index contributed by atoms with van der Waals surface area (Å²) in [5, 5.41) is 19.7. The Hall–Kier alpha value is -4.24. The fourth-order valence-electron chi connectivity index (χ4n) is 2.99. The van der Waals surface area contributed by atoms with Crippen molar-refractivity contribution in [1.82, 2.24) is 10.3 Å². The number of halogens is 1. The smallest absolute Gasteiger partial charge is 0.252 e. The van der Waals surface area contributed by atoms with Crippen LogP contribution in [0.25, 0.3) is 10.9 Å². The predicted molar refractivity (Wildman–Crippen MR) is 134 cm³/mol. The van der Waals surface area contributed by atoms with Crippen molar-refractivity contribution in [3.05, 3.63) is 77.0 Å². The number of carbonyl (C=O) groups excluding carboxylic acids is 1. The molecule has 1 amide bonds. The molecule has 0 aliphatic heterocycles. The molecule has 1 aromatic heterocycles. The third-order valence-corrected chi connectivity index (χ3v) is 5.02. The molecule has 0 saturated carbocycles. The standard InChI is InChI=1S/C24H23ClN6O3/c1-29-24(32)16-5-3-14(11-18(16)25)19(26)7-8-22(27)31-23(28)13-34-21-9-10-30-20-12-15(33-2)4-6-17(20)21/h3-12,26H,13H2,1-2H3,(H,29,32)(H3,27,28,31)/b8-7-,26-19?. The zero-order valence-corrected chi connectivity index (χ0v) is 19.3. The maximum Gasteiger partial charge on any atom is 0.252 e. The van der Waals surface area contributed by atoms with Crippen molar-refractivity contribution in [2.75, 3.05) is 20.8 Å². The van der Waals surface area contributed by atoms with Crippen LogP contribution in [0.15, 0.2) is 65.8 Å². The van der Waals surface area contributed by atoms with Crippen LogP contribution in [0.3, 0.4) is 0 Å². The molecule has 0 spiro atoms. The largest absolute Gasteiger partial charge is 0.497 e. The molecule has 3 rings (SSSR count). The van der Waals surface area contributed by atoms with Crippen LogP contribution < -0.4 is 20.5 Å². The second-order valence-electron chi connectivity index (χ2n) is 6.99. The summed E-state index contributed by atoms with van der Waals surface area (Å²) in [4.78, 5) is 20.0. The number of pyridine rings is 1. The Morgan fingerprint density at radius 3 is 2.71 bits per heavy atom. The number of nitrogens with zero attached hydrogens (tertiary/aromatic N) is 2. The minimum atomic E-state index is -0.313. The van der Waals surface area contributed by atoms with Crippen molar-refractivity contribution in [3.8, 4) is 11.5 Å². The second kappa shape index (κ2) is 11.1. The van der Waals surface area contributed by atoms with Gasteiger partial charge in [0.2, 0.25) is 0 Å². The lowest BCUT2D eigenvalue weighted by atomic mass is 10.1. The lowest BCUT2D eigenvalue weighted by Crippen LogP contribution is -2.22. The van der Waals surface area contributed by atoms with Gasteiger partial charge in [-0.15, -0.1) is 0 Å². The summed E-state index contributed by atoms with van der Waals surface area (Å²) >= 11 is 6.13. The van der Waals surface area contributed by atoms with E-state index in [0.29, 0.717) is 28.1 Å². The van der Waals surface area contributed by atoms with Crippen LogP contribution in [-0.4, -0.2) is 49.0 Å². The van der Waals surface area contributed by atoms with E-state index >= 15 is 0 Å². The molecule has 174 valence electrons. The Morgan fingerprint density at radius 1 is 1.21 bits per heavy atom. The van der Waals surface area contributed by atoms with Gasteiger partial charge >= 0.3 is 0 Å². The molecule has 0 saturated heterocycles. The van der Waals surface area contributed by atoms with Gasteiger partial charge in [-0.25, -0.2) is 4.99 Å². The molecular formula is C24H23ClN6O3.